The highest BCUT2D eigenvalue weighted by molar-refractivity contribution is 7.99. The minimum Gasteiger partial charge on any atom is -0.461 e. The van der Waals surface area contributed by atoms with E-state index in [1.165, 1.54) is 11.8 Å². The van der Waals surface area contributed by atoms with Gasteiger partial charge in [0.2, 0.25) is 11.7 Å². The van der Waals surface area contributed by atoms with E-state index < -0.39 is 0 Å². The average molecular weight is 473 g/mol. The Morgan fingerprint density at radius 3 is 2.58 bits per heavy atom. The van der Waals surface area contributed by atoms with Crippen LogP contribution in [0.25, 0.3) is 17.3 Å². The first-order valence-electron chi connectivity index (χ1n) is 9.38. The molecular formula is C22H18Cl2N4O2S. The lowest BCUT2D eigenvalue weighted by Crippen LogP contribution is -2.27. The number of carbonyl (C=O) groups is 1. The normalized spacial score (nSPS) is 10.9. The summed E-state index contributed by atoms with van der Waals surface area (Å²) in [6, 6.07) is 18.7. The lowest BCUT2D eigenvalue weighted by Gasteiger charge is -2.17. The van der Waals surface area contributed by atoms with E-state index in [1.54, 1.807) is 36.4 Å². The molecule has 1 amide bonds. The van der Waals surface area contributed by atoms with Crippen LogP contribution in [0.15, 0.2) is 76.5 Å². The van der Waals surface area contributed by atoms with E-state index in [9.17, 15) is 4.79 Å². The Kier molecular flexibility index (Phi) is 6.65. The maximum Gasteiger partial charge on any atom is 0.233 e. The summed E-state index contributed by atoms with van der Waals surface area (Å²) in [5.41, 5.74) is 1.79. The van der Waals surface area contributed by atoms with E-state index in [-0.39, 0.29) is 11.7 Å². The third kappa shape index (κ3) is 4.95. The summed E-state index contributed by atoms with van der Waals surface area (Å²) in [5, 5.41) is 10.2. The van der Waals surface area contributed by atoms with Crippen LogP contribution in [0.4, 0.5) is 0 Å². The number of para-hydroxylation sites is 1. The summed E-state index contributed by atoms with van der Waals surface area (Å²) >= 11 is 13.4. The summed E-state index contributed by atoms with van der Waals surface area (Å²) in [7, 11) is 1.75. The molecule has 6 nitrogen and oxygen atoms in total. The molecule has 0 spiro atoms. The van der Waals surface area contributed by atoms with Crippen molar-refractivity contribution >= 4 is 40.9 Å². The number of hydrogen-bond donors (Lipinski definition) is 0. The van der Waals surface area contributed by atoms with Gasteiger partial charge in [-0.2, -0.15) is 0 Å². The second-order valence-electron chi connectivity index (χ2n) is 6.74. The van der Waals surface area contributed by atoms with Gasteiger partial charge in [0.1, 0.15) is 0 Å². The standard InChI is InChI=1S/C22H18Cl2N4O2S/c1-27(13-15-9-10-17(23)18(24)12-15)20(29)14-31-22-26-25-21(19-8-5-11-30-19)28(22)16-6-3-2-4-7-16/h2-12H,13-14H2,1H3. The molecule has 2 aromatic carbocycles. The van der Waals surface area contributed by atoms with Crippen LogP contribution < -0.4 is 0 Å². The summed E-state index contributed by atoms with van der Waals surface area (Å²) in [4.78, 5) is 14.4. The van der Waals surface area contributed by atoms with Crippen molar-refractivity contribution in [2.45, 2.75) is 11.7 Å². The van der Waals surface area contributed by atoms with Crippen LogP contribution in [0.1, 0.15) is 5.56 Å². The molecule has 4 rings (SSSR count). The molecule has 158 valence electrons. The first kappa shape index (κ1) is 21.5. The molecule has 0 bridgehead atoms. The van der Waals surface area contributed by atoms with Crippen molar-refractivity contribution in [1.29, 1.82) is 0 Å². The van der Waals surface area contributed by atoms with Crippen molar-refractivity contribution in [3.8, 4) is 17.3 Å². The topological polar surface area (TPSA) is 64.2 Å². The molecule has 31 heavy (non-hydrogen) atoms. The van der Waals surface area contributed by atoms with Gasteiger partial charge in [0.15, 0.2) is 10.9 Å². The molecule has 0 aliphatic carbocycles. The Labute approximate surface area is 193 Å². The Morgan fingerprint density at radius 1 is 1.06 bits per heavy atom. The highest BCUT2D eigenvalue weighted by Gasteiger charge is 2.19. The predicted octanol–water partition coefficient (Wildman–Crippen LogP) is 5.58. The van der Waals surface area contributed by atoms with Crippen LogP contribution in [0, 0.1) is 0 Å². The number of nitrogens with zero attached hydrogens (tertiary/aromatic N) is 4. The zero-order valence-electron chi connectivity index (χ0n) is 16.5. The van der Waals surface area contributed by atoms with Gasteiger partial charge in [-0.05, 0) is 42.0 Å². The minimum absolute atomic E-state index is 0.0433. The van der Waals surface area contributed by atoms with E-state index in [0.717, 1.165) is 11.3 Å². The van der Waals surface area contributed by atoms with Crippen molar-refractivity contribution in [2.24, 2.45) is 0 Å². The quantitative estimate of drug-likeness (QED) is 0.328. The molecule has 2 aromatic heterocycles. The highest BCUT2D eigenvalue weighted by Crippen LogP contribution is 2.28. The highest BCUT2D eigenvalue weighted by atomic mass is 35.5. The first-order valence-corrected chi connectivity index (χ1v) is 11.1. The number of rotatable bonds is 7. The fourth-order valence-electron chi connectivity index (χ4n) is 2.98. The number of halogens is 2. The summed E-state index contributed by atoms with van der Waals surface area (Å²) < 4.78 is 7.40. The second-order valence-corrected chi connectivity index (χ2v) is 8.50. The van der Waals surface area contributed by atoms with E-state index in [4.69, 9.17) is 27.6 Å². The minimum atomic E-state index is -0.0433. The number of benzene rings is 2. The molecule has 0 N–H and O–H groups in total. The van der Waals surface area contributed by atoms with Gasteiger partial charge in [0.25, 0.3) is 0 Å². The van der Waals surface area contributed by atoms with Crippen molar-refractivity contribution < 1.29 is 9.21 Å². The summed E-state index contributed by atoms with van der Waals surface area (Å²) in [6.45, 7) is 0.430. The zero-order valence-corrected chi connectivity index (χ0v) is 18.9. The Balaban J connectivity index is 1.50. The maximum atomic E-state index is 12.7. The molecule has 9 heteroatoms. The number of thioether (sulfide) groups is 1. The van der Waals surface area contributed by atoms with E-state index in [1.807, 2.05) is 47.0 Å². The zero-order chi connectivity index (χ0) is 21.8. The molecule has 0 saturated heterocycles. The van der Waals surface area contributed by atoms with E-state index in [2.05, 4.69) is 10.2 Å². The van der Waals surface area contributed by atoms with Crippen LogP contribution in [0.2, 0.25) is 10.0 Å². The lowest BCUT2D eigenvalue weighted by molar-refractivity contribution is -0.127. The summed E-state index contributed by atoms with van der Waals surface area (Å²) in [6.07, 6.45) is 1.59. The van der Waals surface area contributed by atoms with Gasteiger partial charge in [0.05, 0.1) is 22.1 Å². The molecule has 2 heterocycles. The van der Waals surface area contributed by atoms with Crippen molar-refractivity contribution in [3.05, 3.63) is 82.5 Å². The van der Waals surface area contributed by atoms with E-state index in [0.29, 0.717) is 33.3 Å². The Hall–Kier alpha value is -2.74. The molecule has 0 radical (unpaired) electrons. The Morgan fingerprint density at radius 2 is 1.87 bits per heavy atom. The molecule has 0 fully saturated rings. The average Bonchev–Trinajstić information content (AvgIpc) is 3.45. The summed E-state index contributed by atoms with van der Waals surface area (Å²) in [5.74, 6) is 1.35. The fraction of sp³-hybridized carbons (Fsp3) is 0.136. The van der Waals surface area contributed by atoms with Gasteiger partial charge in [-0.15, -0.1) is 10.2 Å². The molecule has 0 aliphatic heterocycles. The first-order chi connectivity index (χ1) is 15.0. The van der Waals surface area contributed by atoms with Crippen molar-refractivity contribution in [2.75, 3.05) is 12.8 Å². The monoisotopic (exact) mass is 472 g/mol. The van der Waals surface area contributed by atoms with Gasteiger partial charge in [-0.1, -0.05) is 59.2 Å². The molecule has 0 saturated carbocycles. The van der Waals surface area contributed by atoms with Gasteiger partial charge in [0, 0.05) is 19.3 Å². The third-order valence-electron chi connectivity index (χ3n) is 4.54. The molecule has 4 aromatic rings. The smallest absolute Gasteiger partial charge is 0.233 e. The van der Waals surface area contributed by atoms with Crippen molar-refractivity contribution in [1.82, 2.24) is 19.7 Å². The van der Waals surface area contributed by atoms with Crippen LogP contribution in [-0.4, -0.2) is 38.4 Å². The molecule has 0 unspecified atom stereocenters. The Bertz CT molecular complexity index is 1180. The largest absolute Gasteiger partial charge is 0.461 e. The van der Waals surface area contributed by atoms with Gasteiger partial charge < -0.3 is 9.32 Å². The SMILES string of the molecule is CN(Cc1ccc(Cl)c(Cl)c1)C(=O)CSc1nnc(-c2ccco2)n1-c1ccccc1. The lowest BCUT2D eigenvalue weighted by atomic mass is 10.2. The van der Waals surface area contributed by atoms with Crippen LogP contribution in [-0.2, 0) is 11.3 Å². The second kappa shape index (κ2) is 9.60. The van der Waals surface area contributed by atoms with Crippen LogP contribution in [0.3, 0.4) is 0 Å². The van der Waals surface area contributed by atoms with Gasteiger partial charge in [-0.3, -0.25) is 9.36 Å². The number of furan rings is 1. The molecule has 0 atom stereocenters. The number of hydrogen-bond acceptors (Lipinski definition) is 5. The number of amides is 1. The predicted molar refractivity (Wildman–Crippen MR) is 123 cm³/mol. The van der Waals surface area contributed by atoms with Crippen LogP contribution in [0.5, 0.6) is 0 Å². The molecule has 0 aliphatic rings. The molecular weight excluding hydrogens is 455 g/mol. The number of aromatic nitrogens is 3. The van der Waals surface area contributed by atoms with Gasteiger partial charge >= 0.3 is 0 Å². The third-order valence-corrected chi connectivity index (χ3v) is 6.20. The van der Waals surface area contributed by atoms with Gasteiger partial charge in [-0.25, -0.2) is 0 Å². The number of carbonyl (C=O) groups excluding carboxylic acids is 1. The van der Waals surface area contributed by atoms with Crippen molar-refractivity contribution in [3.63, 3.8) is 0 Å². The fourth-order valence-corrected chi connectivity index (χ4v) is 4.19. The van der Waals surface area contributed by atoms with Crippen LogP contribution >= 0.6 is 35.0 Å². The van der Waals surface area contributed by atoms with E-state index >= 15 is 0 Å². The maximum absolute atomic E-state index is 12.7.